The van der Waals surface area contributed by atoms with Crippen molar-refractivity contribution in [3.8, 4) is 5.75 Å². The molecule has 2 aromatic rings. The minimum atomic E-state index is -4.52. The van der Waals surface area contributed by atoms with Gasteiger partial charge in [-0.3, -0.25) is 9.59 Å². The first-order chi connectivity index (χ1) is 18.0. The van der Waals surface area contributed by atoms with Crippen molar-refractivity contribution in [1.29, 1.82) is 0 Å². The van der Waals surface area contributed by atoms with E-state index in [1.165, 1.54) is 0 Å². The number of halogens is 5. The quantitative estimate of drug-likeness (QED) is 0.384. The first kappa shape index (κ1) is 27.5. The molecule has 1 fully saturated rings. The summed E-state index contributed by atoms with van der Waals surface area (Å²) in [5.41, 5.74) is -2.65. The predicted molar refractivity (Wildman–Crippen MR) is 125 cm³/mol. The number of ether oxygens (including phenoxy) is 2. The summed E-state index contributed by atoms with van der Waals surface area (Å²) in [6, 6.07) is 0.358. The highest BCUT2D eigenvalue weighted by Crippen LogP contribution is 2.38. The Morgan fingerprint density at radius 1 is 1.32 bits per heavy atom. The van der Waals surface area contributed by atoms with Gasteiger partial charge in [-0.2, -0.15) is 18.3 Å². The van der Waals surface area contributed by atoms with Crippen molar-refractivity contribution in [3.63, 3.8) is 0 Å². The van der Waals surface area contributed by atoms with Crippen LogP contribution in [0.1, 0.15) is 37.3 Å². The molecule has 0 aromatic carbocycles. The first-order valence-corrected chi connectivity index (χ1v) is 12.0. The van der Waals surface area contributed by atoms with E-state index in [1.807, 2.05) is 10.00 Å². The molecule has 2 unspecified atom stereocenters. The van der Waals surface area contributed by atoms with Crippen LogP contribution in [0.5, 0.6) is 5.75 Å². The van der Waals surface area contributed by atoms with Gasteiger partial charge in [0.05, 0.1) is 49.7 Å². The molecule has 0 bridgehead atoms. The van der Waals surface area contributed by atoms with Crippen LogP contribution in [-0.4, -0.2) is 77.5 Å². The molecule has 208 valence electrons. The van der Waals surface area contributed by atoms with Crippen LogP contribution in [0.2, 0.25) is 0 Å². The van der Waals surface area contributed by atoms with E-state index >= 15 is 0 Å². The van der Waals surface area contributed by atoms with Crippen LogP contribution in [0.15, 0.2) is 23.3 Å². The molecule has 10 nitrogen and oxygen atoms in total. The van der Waals surface area contributed by atoms with Gasteiger partial charge in [0.2, 0.25) is 5.91 Å². The second kappa shape index (κ2) is 11.5. The zero-order chi connectivity index (χ0) is 27.4. The Bertz CT molecular complexity index is 1190. The standard InChI is InChI=1S/C23H27F5N6O4/c1-13(31-16-10-30-32-22(36)19(16)20(24)25)12-37-6-3-18(35)33-4-5-34-15(11-33)2-7-38-17-8-14(23(26,27)28)9-29-21(17)34/h8-10,13,15,20H,2-7,11-12H2,1H3,(H2,31,32,36). The van der Waals surface area contributed by atoms with Crippen LogP contribution in [0.4, 0.5) is 33.5 Å². The highest BCUT2D eigenvalue weighted by atomic mass is 19.4. The highest BCUT2D eigenvalue weighted by Gasteiger charge is 2.36. The Morgan fingerprint density at radius 3 is 2.84 bits per heavy atom. The molecule has 38 heavy (non-hydrogen) atoms. The summed E-state index contributed by atoms with van der Waals surface area (Å²) in [7, 11) is 0. The molecule has 1 amide bonds. The second-order valence-electron chi connectivity index (χ2n) is 9.07. The molecular weight excluding hydrogens is 519 g/mol. The van der Waals surface area contributed by atoms with Crippen LogP contribution in [0, 0.1) is 0 Å². The van der Waals surface area contributed by atoms with Crippen molar-refractivity contribution < 1.29 is 36.2 Å². The molecule has 0 aliphatic carbocycles. The third kappa shape index (κ3) is 6.31. The molecule has 1 saturated heterocycles. The summed E-state index contributed by atoms with van der Waals surface area (Å²) in [6.07, 6.45) is -5.00. The summed E-state index contributed by atoms with van der Waals surface area (Å²) < 4.78 is 76.5. The van der Waals surface area contributed by atoms with Gasteiger partial charge in [-0.25, -0.2) is 18.9 Å². The topological polar surface area (TPSA) is 113 Å². The van der Waals surface area contributed by atoms with Gasteiger partial charge in [-0.05, 0) is 13.0 Å². The predicted octanol–water partition coefficient (Wildman–Crippen LogP) is 2.83. The maximum atomic E-state index is 13.2. The molecule has 0 saturated carbocycles. The van der Waals surface area contributed by atoms with Gasteiger partial charge < -0.3 is 24.6 Å². The lowest BCUT2D eigenvalue weighted by atomic mass is 10.1. The number of pyridine rings is 1. The number of anilines is 2. The molecular formula is C23H27F5N6O4. The van der Waals surface area contributed by atoms with Crippen LogP contribution < -0.4 is 20.5 Å². The average Bonchev–Trinajstić information content (AvgIpc) is 3.04. The number of alkyl halides is 5. The summed E-state index contributed by atoms with van der Waals surface area (Å²) in [5, 5.41) is 8.27. The van der Waals surface area contributed by atoms with Crippen LogP contribution >= 0.6 is 0 Å². The molecule has 2 aliphatic rings. The third-order valence-corrected chi connectivity index (χ3v) is 6.32. The van der Waals surface area contributed by atoms with Crippen molar-refractivity contribution in [1.82, 2.24) is 20.1 Å². The molecule has 2 N–H and O–H groups in total. The number of piperazine rings is 1. The molecule has 2 aliphatic heterocycles. The number of nitrogens with zero attached hydrogens (tertiary/aromatic N) is 4. The van der Waals surface area contributed by atoms with Crippen LogP contribution in [0.25, 0.3) is 0 Å². The van der Waals surface area contributed by atoms with E-state index in [-0.39, 0.29) is 49.6 Å². The molecule has 15 heteroatoms. The normalized spacial score (nSPS) is 18.3. The van der Waals surface area contributed by atoms with E-state index in [4.69, 9.17) is 9.47 Å². The van der Waals surface area contributed by atoms with Crippen molar-refractivity contribution >= 4 is 17.4 Å². The summed E-state index contributed by atoms with van der Waals surface area (Å²) in [5.74, 6) is 0.271. The number of hydrogen-bond donors (Lipinski definition) is 2. The lowest BCUT2D eigenvalue weighted by molar-refractivity contribution is -0.138. The van der Waals surface area contributed by atoms with E-state index in [0.29, 0.717) is 31.9 Å². The Hall–Kier alpha value is -3.49. The number of H-pyrrole nitrogens is 1. The van der Waals surface area contributed by atoms with Crippen LogP contribution in [-0.2, 0) is 15.7 Å². The third-order valence-electron chi connectivity index (χ3n) is 6.32. The largest absolute Gasteiger partial charge is 0.490 e. The van der Waals surface area contributed by atoms with Gasteiger partial charge in [0.15, 0.2) is 11.6 Å². The molecule has 0 radical (unpaired) electrons. The molecule has 0 spiro atoms. The van der Waals surface area contributed by atoms with Crippen molar-refractivity contribution in [3.05, 3.63) is 39.9 Å². The zero-order valence-corrected chi connectivity index (χ0v) is 20.4. The Morgan fingerprint density at radius 2 is 2.11 bits per heavy atom. The maximum Gasteiger partial charge on any atom is 0.418 e. The lowest BCUT2D eigenvalue weighted by Crippen LogP contribution is -2.55. The fourth-order valence-corrected chi connectivity index (χ4v) is 4.45. The number of aromatic amines is 1. The molecule has 4 rings (SSSR count). The Kier molecular flexibility index (Phi) is 8.33. The maximum absolute atomic E-state index is 13.2. The monoisotopic (exact) mass is 546 g/mol. The fraction of sp³-hybridized carbons (Fsp3) is 0.565. The number of rotatable bonds is 8. The molecule has 2 atom stereocenters. The van der Waals surface area contributed by atoms with Crippen molar-refractivity contribution in [2.45, 2.75) is 44.5 Å². The minimum absolute atomic E-state index is 0.0785. The van der Waals surface area contributed by atoms with Gasteiger partial charge >= 0.3 is 6.18 Å². The first-order valence-electron chi connectivity index (χ1n) is 12.0. The molecule has 4 heterocycles. The van der Waals surface area contributed by atoms with E-state index in [2.05, 4.69) is 15.4 Å². The van der Waals surface area contributed by atoms with Crippen molar-refractivity contribution in [2.75, 3.05) is 49.7 Å². The number of amides is 1. The average molecular weight is 546 g/mol. The van der Waals surface area contributed by atoms with E-state index in [0.717, 1.165) is 18.5 Å². The van der Waals surface area contributed by atoms with Gasteiger partial charge in [0, 0.05) is 38.3 Å². The number of hydrogen-bond acceptors (Lipinski definition) is 8. The Balaban J connectivity index is 1.26. The van der Waals surface area contributed by atoms with E-state index in [1.54, 1.807) is 11.8 Å². The summed E-state index contributed by atoms with van der Waals surface area (Å²) >= 11 is 0. The van der Waals surface area contributed by atoms with Gasteiger partial charge in [0.1, 0.15) is 5.56 Å². The fourth-order valence-electron chi connectivity index (χ4n) is 4.45. The lowest BCUT2D eigenvalue weighted by Gasteiger charge is -2.41. The highest BCUT2D eigenvalue weighted by molar-refractivity contribution is 5.76. The number of aromatic nitrogens is 3. The van der Waals surface area contributed by atoms with Gasteiger partial charge in [-0.15, -0.1) is 0 Å². The minimum Gasteiger partial charge on any atom is -0.490 e. The summed E-state index contributed by atoms with van der Waals surface area (Å²) in [4.78, 5) is 31.9. The molecule has 2 aromatic heterocycles. The number of carbonyl (C=O) groups is 1. The van der Waals surface area contributed by atoms with Crippen molar-refractivity contribution in [2.24, 2.45) is 0 Å². The zero-order valence-electron chi connectivity index (χ0n) is 20.4. The van der Waals surface area contributed by atoms with E-state index in [9.17, 15) is 31.5 Å². The van der Waals surface area contributed by atoms with Gasteiger partial charge in [0.25, 0.3) is 12.0 Å². The smallest absolute Gasteiger partial charge is 0.418 e. The SMILES string of the molecule is CC(COCCC(=O)N1CCN2c3ncc(C(F)(F)F)cc3OCCC2C1)Nc1cn[nH]c(=O)c1C(F)F. The number of carbonyl (C=O) groups excluding carboxylic acids is 1. The van der Waals surface area contributed by atoms with E-state index < -0.39 is 35.3 Å². The van der Waals surface area contributed by atoms with Crippen LogP contribution in [0.3, 0.4) is 0 Å². The summed E-state index contributed by atoms with van der Waals surface area (Å²) in [6.45, 7) is 3.19. The number of nitrogens with one attached hydrogen (secondary N) is 2. The second-order valence-corrected chi connectivity index (χ2v) is 9.07. The Labute approximate surface area is 214 Å². The number of fused-ring (bicyclic) bond motifs is 3. The van der Waals surface area contributed by atoms with Gasteiger partial charge in [-0.1, -0.05) is 0 Å².